The van der Waals surface area contributed by atoms with E-state index in [1.165, 1.54) is 16.8 Å². The fourth-order valence-corrected chi connectivity index (χ4v) is 3.06. The first-order valence-corrected chi connectivity index (χ1v) is 7.11. The third kappa shape index (κ3) is 2.60. The van der Waals surface area contributed by atoms with Crippen LogP contribution in [-0.2, 0) is 11.3 Å². The number of anilines is 1. The predicted molar refractivity (Wildman–Crippen MR) is 82.0 cm³/mol. The van der Waals surface area contributed by atoms with E-state index >= 15 is 0 Å². The Labute approximate surface area is 120 Å². The molecule has 0 saturated carbocycles. The first-order valence-electron chi connectivity index (χ1n) is 7.11. The van der Waals surface area contributed by atoms with Gasteiger partial charge in [0.15, 0.2) is 0 Å². The van der Waals surface area contributed by atoms with Crippen molar-refractivity contribution < 1.29 is 4.79 Å². The number of carbonyl (C=O) groups excluding carboxylic acids is 1. The van der Waals surface area contributed by atoms with Crippen LogP contribution < -0.4 is 4.90 Å². The van der Waals surface area contributed by atoms with Crippen LogP contribution in [0.25, 0.3) is 0 Å². The minimum absolute atomic E-state index is 0.270. The molecule has 2 nitrogen and oxygen atoms in total. The maximum absolute atomic E-state index is 11.5. The molecule has 1 heterocycles. The van der Waals surface area contributed by atoms with Gasteiger partial charge in [0.2, 0.25) is 0 Å². The van der Waals surface area contributed by atoms with Crippen LogP contribution in [0.1, 0.15) is 30.4 Å². The van der Waals surface area contributed by atoms with Gasteiger partial charge in [-0.3, -0.25) is 0 Å². The molecule has 0 aromatic heterocycles. The minimum atomic E-state index is 0.270. The molecule has 0 saturated heterocycles. The third-order valence-electron chi connectivity index (χ3n) is 3.91. The quantitative estimate of drug-likeness (QED) is 0.838. The van der Waals surface area contributed by atoms with Crippen LogP contribution in [0.2, 0.25) is 0 Å². The van der Waals surface area contributed by atoms with Crippen molar-refractivity contribution in [1.29, 1.82) is 0 Å². The number of hydrogen-bond donors (Lipinski definition) is 0. The molecule has 2 heteroatoms. The van der Waals surface area contributed by atoms with Crippen molar-refractivity contribution >= 4 is 11.5 Å². The van der Waals surface area contributed by atoms with Crippen LogP contribution in [0.5, 0.6) is 0 Å². The predicted octanol–water partition coefficient (Wildman–Crippen LogP) is 3.77. The Morgan fingerprint density at radius 3 is 2.55 bits per heavy atom. The Kier molecular flexibility index (Phi) is 3.55. The molecular weight excluding hydrogens is 246 g/mol. The van der Waals surface area contributed by atoms with Crippen molar-refractivity contribution in [3.8, 4) is 0 Å². The standard InChI is InChI=1S/C18H19NO/c1-14(20)11-16-13-19(12-15-7-3-2-4-8-15)18-10-6-5-9-17(16)18/h2-10,16H,11-13H2,1H3. The van der Waals surface area contributed by atoms with Crippen LogP contribution in [-0.4, -0.2) is 12.3 Å². The number of hydrogen-bond acceptors (Lipinski definition) is 2. The molecule has 1 aliphatic heterocycles. The van der Waals surface area contributed by atoms with Gasteiger partial charge in [-0.05, 0) is 24.1 Å². The molecular formula is C18H19NO. The van der Waals surface area contributed by atoms with Gasteiger partial charge >= 0.3 is 0 Å². The summed E-state index contributed by atoms with van der Waals surface area (Å²) in [5, 5.41) is 0. The monoisotopic (exact) mass is 265 g/mol. The van der Waals surface area contributed by atoms with Gasteiger partial charge in [-0.1, -0.05) is 48.5 Å². The zero-order chi connectivity index (χ0) is 13.9. The Morgan fingerprint density at radius 1 is 1.10 bits per heavy atom. The van der Waals surface area contributed by atoms with Crippen LogP contribution >= 0.6 is 0 Å². The average molecular weight is 265 g/mol. The van der Waals surface area contributed by atoms with Crippen molar-refractivity contribution in [2.75, 3.05) is 11.4 Å². The zero-order valence-corrected chi connectivity index (χ0v) is 11.8. The van der Waals surface area contributed by atoms with Crippen molar-refractivity contribution in [3.05, 3.63) is 65.7 Å². The molecule has 102 valence electrons. The molecule has 0 N–H and O–H groups in total. The number of nitrogens with zero attached hydrogens (tertiary/aromatic N) is 1. The van der Waals surface area contributed by atoms with Crippen LogP contribution in [0.4, 0.5) is 5.69 Å². The topological polar surface area (TPSA) is 20.3 Å². The average Bonchev–Trinajstić information content (AvgIpc) is 2.78. The summed E-state index contributed by atoms with van der Waals surface area (Å²) in [6.45, 7) is 3.53. The maximum atomic E-state index is 11.5. The molecule has 20 heavy (non-hydrogen) atoms. The van der Waals surface area contributed by atoms with E-state index in [9.17, 15) is 4.79 Å². The number of benzene rings is 2. The highest BCUT2D eigenvalue weighted by molar-refractivity contribution is 5.78. The highest BCUT2D eigenvalue weighted by Gasteiger charge is 2.28. The van der Waals surface area contributed by atoms with Gasteiger partial charge in [0.25, 0.3) is 0 Å². The molecule has 0 radical (unpaired) electrons. The minimum Gasteiger partial charge on any atom is -0.366 e. The zero-order valence-electron chi connectivity index (χ0n) is 11.8. The van der Waals surface area contributed by atoms with Crippen molar-refractivity contribution in [2.45, 2.75) is 25.8 Å². The van der Waals surface area contributed by atoms with Crippen molar-refractivity contribution in [2.24, 2.45) is 0 Å². The van der Waals surface area contributed by atoms with E-state index in [0.29, 0.717) is 12.3 Å². The number of ketones is 1. The molecule has 2 aromatic carbocycles. The van der Waals surface area contributed by atoms with E-state index in [2.05, 4.69) is 53.4 Å². The van der Waals surface area contributed by atoms with E-state index in [0.717, 1.165) is 13.1 Å². The van der Waals surface area contributed by atoms with E-state index in [-0.39, 0.29) is 5.78 Å². The summed E-state index contributed by atoms with van der Waals surface area (Å²) in [6.07, 6.45) is 0.641. The second kappa shape index (κ2) is 5.49. The summed E-state index contributed by atoms with van der Waals surface area (Å²) < 4.78 is 0. The number of Topliss-reactive ketones (excluding diaryl/α,β-unsaturated/α-hetero) is 1. The van der Waals surface area contributed by atoms with E-state index in [4.69, 9.17) is 0 Å². The summed E-state index contributed by atoms with van der Waals surface area (Å²) in [5.41, 5.74) is 3.91. The second-order valence-corrected chi connectivity index (χ2v) is 5.53. The van der Waals surface area contributed by atoms with E-state index < -0.39 is 0 Å². The van der Waals surface area contributed by atoms with Gasteiger partial charge in [0, 0.05) is 31.1 Å². The maximum Gasteiger partial charge on any atom is 0.130 e. The van der Waals surface area contributed by atoms with Crippen LogP contribution in [0, 0.1) is 0 Å². The molecule has 0 amide bonds. The molecule has 0 fully saturated rings. The Morgan fingerprint density at radius 2 is 1.80 bits per heavy atom. The molecule has 1 unspecified atom stereocenters. The smallest absolute Gasteiger partial charge is 0.130 e. The Hall–Kier alpha value is -2.09. The normalized spacial score (nSPS) is 17.1. The van der Waals surface area contributed by atoms with Crippen LogP contribution in [0.15, 0.2) is 54.6 Å². The first-order chi connectivity index (χ1) is 9.74. The van der Waals surface area contributed by atoms with Gasteiger partial charge < -0.3 is 9.69 Å². The molecule has 1 atom stereocenters. The van der Waals surface area contributed by atoms with Gasteiger partial charge in [-0.15, -0.1) is 0 Å². The summed E-state index contributed by atoms with van der Waals surface area (Å²) in [7, 11) is 0. The van der Waals surface area contributed by atoms with Crippen molar-refractivity contribution in [3.63, 3.8) is 0 Å². The summed E-state index contributed by atoms with van der Waals surface area (Å²) in [6, 6.07) is 19.0. The largest absolute Gasteiger partial charge is 0.366 e. The number of rotatable bonds is 4. The third-order valence-corrected chi connectivity index (χ3v) is 3.91. The summed E-state index contributed by atoms with van der Waals surface area (Å²) in [4.78, 5) is 13.8. The molecule has 2 aromatic rings. The summed E-state index contributed by atoms with van der Waals surface area (Å²) >= 11 is 0. The Balaban J connectivity index is 1.85. The lowest BCUT2D eigenvalue weighted by Crippen LogP contribution is -2.21. The molecule has 0 bridgehead atoms. The van der Waals surface area contributed by atoms with Crippen molar-refractivity contribution in [1.82, 2.24) is 0 Å². The number of carbonyl (C=O) groups is 1. The highest BCUT2D eigenvalue weighted by Crippen LogP contribution is 2.38. The van der Waals surface area contributed by atoms with Gasteiger partial charge in [-0.2, -0.15) is 0 Å². The van der Waals surface area contributed by atoms with Gasteiger partial charge in [-0.25, -0.2) is 0 Å². The fourth-order valence-electron chi connectivity index (χ4n) is 3.06. The molecule has 1 aliphatic rings. The molecule has 0 spiro atoms. The number of fused-ring (bicyclic) bond motifs is 1. The second-order valence-electron chi connectivity index (χ2n) is 5.53. The summed E-state index contributed by atoms with van der Waals surface area (Å²) in [5.74, 6) is 0.610. The Bertz CT molecular complexity index is 606. The number of para-hydroxylation sites is 1. The molecule has 3 rings (SSSR count). The first kappa shape index (κ1) is 12.9. The fraction of sp³-hybridized carbons (Fsp3) is 0.278. The highest BCUT2D eigenvalue weighted by atomic mass is 16.1. The van der Waals surface area contributed by atoms with E-state index in [1.807, 2.05) is 6.07 Å². The lowest BCUT2D eigenvalue weighted by molar-refractivity contribution is -0.117. The SMILES string of the molecule is CC(=O)CC1CN(Cc2ccccc2)c2ccccc21. The molecule has 0 aliphatic carbocycles. The van der Waals surface area contributed by atoms with Gasteiger partial charge in [0.05, 0.1) is 0 Å². The van der Waals surface area contributed by atoms with Crippen LogP contribution in [0.3, 0.4) is 0 Å². The van der Waals surface area contributed by atoms with E-state index in [1.54, 1.807) is 6.92 Å². The van der Waals surface area contributed by atoms with Gasteiger partial charge in [0.1, 0.15) is 5.78 Å². The lowest BCUT2D eigenvalue weighted by atomic mass is 9.96. The lowest BCUT2D eigenvalue weighted by Gasteiger charge is -2.20.